The summed E-state index contributed by atoms with van der Waals surface area (Å²) in [5, 5.41) is 6.33. The average molecular weight is 345 g/mol. The van der Waals surface area contributed by atoms with Crippen LogP contribution in [0.2, 0.25) is 0 Å². The quantitative estimate of drug-likeness (QED) is 0.770. The third-order valence-corrected chi connectivity index (χ3v) is 4.94. The minimum Gasteiger partial charge on any atom is -0.376 e. The predicted octanol–water partition coefficient (Wildman–Crippen LogP) is 0.831. The van der Waals surface area contributed by atoms with Crippen LogP contribution in [0.25, 0.3) is 6.08 Å². The van der Waals surface area contributed by atoms with Crippen molar-refractivity contribution in [1.82, 2.24) is 20.6 Å². The molecule has 2 saturated heterocycles. The first-order chi connectivity index (χ1) is 12.1. The van der Waals surface area contributed by atoms with Crippen molar-refractivity contribution >= 4 is 17.9 Å². The summed E-state index contributed by atoms with van der Waals surface area (Å²) in [4.78, 5) is 22.3. The number of hydrogen-bond acceptors (Lipinski definition) is 6. The lowest BCUT2D eigenvalue weighted by Crippen LogP contribution is -2.37. The summed E-state index contributed by atoms with van der Waals surface area (Å²) in [6.45, 7) is 3.52. The molecule has 2 N–H and O–H groups in total. The molecule has 3 rings (SSSR count). The number of anilines is 1. The van der Waals surface area contributed by atoms with Crippen LogP contribution in [0, 0.1) is 5.41 Å². The van der Waals surface area contributed by atoms with E-state index in [1.807, 2.05) is 19.0 Å². The van der Waals surface area contributed by atoms with Crippen LogP contribution in [0.15, 0.2) is 18.5 Å². The molecule has 1 aromatic rings. The first-order valence-electron chi connectivity index (χ1n) is 8.84. The van der Waals surface area contributed by atoms with E-state index >= 15 is 0 Å². The van der Waals surface area contributed by atoms with Gasteiger partial charge in [0.05, 0.1) is 12.7 Å². The summed E-state index contributed by atoms with van der Waals surface area (Å²) >= 11 is 0. The van der Waals surface area contributed by atoms with Gasteiger partial charge in [0, 0.05) is 44.7 Å². The lowest BCUT2D eigenvalue weighted by atomic mass is 9.77. The third kappa shape index (κ3) is 4.76. The maximum absolute atomic E-state index is 12.0. The van der Waals surface area contributed by atoms with Gasteiger partial charge in [0.1, 0.15) is 0 Å². The fourth-order valence-electron chi connectivity index (χ4n) is 3.43. The van der Waals surface area contributed by atoms with Gasteiger partial charge in [-0.25, -0.2) is 9.97 Å². The van der Waals surface area contributed by atoms with Crippen molar-refractivity contribution in [3.05, 3.63) is 24.0 Å². The maximum atomic E-state index is 12.0. The van der Waals surface area contributed by atoms with Crippen molar-refractivity contribution in [2.24, 2.45) is 5.41 Å². The van der Waals surface area contributed by atoms with Gasteiger partial charge in [-0.15, -0.1) is 0 Å². The Kier molecular flexibility index (Phi) is 5.65. The highest BCUT2D eigenvalue weighted by Crippen LogP contribution is 2.40. The van der Waals surface area contributed by atoms with Crippen molar-refractivity contribution < 1.29 is 9.53 Å². The van der Waals surface area contributed by atoms with Gasteiger partial charge in [0.2, 0.25) is 11.9 Å². The molecule has 25 heavy (non-hydrogen) atoms. The third-order valence-electron chi connectivity index (χ3n) is 4.94. The van der Waals surface area contributed by atoms with Crippen molar-refractivity contribution in [2.75, 3.05) is 45.2 Å². The van der Waals surface area contributed by atoms with E-state index in [1.54, 1.807) is 18.5 Å². The first kappa shape index (κ1) is 17.8. The first-order valence-corrected chi connectivity index (χ1v) is 8.84. The van der Waals surface area contributed by atoms with Crippen molar-refractivity contribution in [3.63, 3.8) is 0 Å². The molecule has 2 aliphatic heterocycles. The van der Waals surface area contributed by atoms with E-state index in [4.69, 9.17) is 4.74 Å². The Hall–Kier alpha value is -1.99. The molecule has 0 bridgehead atoms. The Morgan fingerprint density at radius 2 is 2.12 bits per heavy atom. The van der Waals surface area contributed by atoms with E-state index in [9.17, 15) is 4.79 Å². The average Bonchev–Trinajstić information content (AvgIpc) is 3.01. The van der Waals surface area contributed by atoms with Gasteiger partial charge in [-0.1, -0.05) is 0 Å². The van der Waals surface area contributed by atoms with Crippen LogP contribution in [-0.4, -0.2) is 62.3 Å². The summed E-state index contributed by atoms with van der Waals surface area (Å²) in [5.41, 5.74) is 1.12. The minimum atomic E-state index is -0.119. The molecule has 1 unspecified atom stereocenters. The smallest absolute Gasteiger partial charge is 0.244 e. The Labute approximate surface area is 148 Å². The van der Waals surface area contributed by atoms with Crippen LogP contribution < -0.4 is 15.5 Å². The van der Waals surface area contributed by atoms with Crippen LogP contribution in [0.1, 0.15) is 24.8 Å². The molecule has 2 aliphatic rings. The second-order valence-corrected chi connectivity index (χ2v) is 7.18. The van der Waals surface area contributed by atoms with E-state index in [2.05, 4.69) is 20.6 Å². The Morgan fingerprint density at radius 3 is 2.80 bits per heavy atom. The van der Waals surface area contributed by atoms with Gasteiger partial charge in [0.15, 0.2) is 0 Å². The number of nitrogens with one attached hydrogen (secondary N) is 2. The van der Waals surface area contributed by atoms with E-state index in [0.717, 1.165) is 31.7 Å². The summed E-state index contributed by atoms with van der Waals surface area (Å²) in [6, 6.07) is 0. The molecule has 2 fully saturated rings. The molecule has 3 heterocycles. The SMILES string of the molecule is CN(C)c1ncc(/C=C/C(=O)NCC2CC3(CCNCC3)CO2)cn1. The zero-order valence-corrected chi connectivity index (χ0v) is 15.0. The number of aromatic nitrogens is 2. The molecule has 7 nitrogen and oxygen atoms in total. The topological polar surface area (TPSA) is 79.4 Å². The molecule has 1 spiro atoms. The molecular formula is C18H27N5O2. The molecule has 7 heteroatoms. The highest BCUT2D eigenvalue weighted by molar-refractivity contribution is 5.91. The molecule has 0 aromatic carbocycles. The number of nitrogens with zero attached hydrogens (tertiary/aromatic N) is 3. The lowest BCUT2D eigenvalue weighted by Gasteiger charge is -2.32. The van der Waals surface area contributed by atoms with Crippen LogP contribution in [0.3, 0.4) is 0 Å². The second kappa shape index (κ2) is 7.93. The standard InChI is InChI=1S/C18H27N5O2/c1-23(2)17-21-10-14(11-22-17)3-4-16(24)20-12-15-9-18(13-25-15)5-7-19-8-6-18/h3-4,10-11,15,19H,5-9,12-13H2,1-2H3,(H,20,24)/b4-3+. The number of amides is 1. The van der Waals surface area contributed by atoms with Gasteiger partial charge in [-0.2, -0.15) is 0 Å². The van der Waals surface area contributed by atoms with E-state index in [0.29, 0.717) is 17.9 Å². The molecule has 1 atom stereocenters. The number of carbonyl (C=O) groups is 1. The zero-order chi connectivity index (χ0) is 17.7. The number of rotatable bonds is 5. The monoisotopic (exact) mass is 345 g/mol. The van der Waals surface area contributed by atoms with Crippen LogP contribution >= 0.6 is 0 Å². The van der Waals surface area contributed by atoms with Crippen LogP contribution in [0.5, 0.6) is 0 Å². The molecule has 1 aromatic heterocycles. The number of ether oxygens (including phenoxy) is 1. The number of piperidine rings is 1. The summed E-state index contributed by atoms with van der Waals surface area (Å²) in [5.74, 6) is 0.526. The minimum absolute atomic E-state index is 0.119. The fourth-order valence-corrected chi connectivity index (χ4v) is 3.43. The molecule has 0 aliphatic carbocycles. The van der Waals surface area contributed by atoms with Gasteiger partial charge < -0.3 is 20.3 Å². The number of hydrogen-bond donors (Lipinski definition) is 2. The Morgan fingerprint density at radius 1 is 1.40 bits per heavy atom. The Bertz CT molecular complexity index is 608. The second-order valence-electron chi connectivity index (χ2n) is 7.18. The van der Waals surface area contributed by atoms with Gasteiger partial charge >= 0.3 is 0 Å². The predicted molar refractivity (Wildman–Crippen MR) is 97.3 cm³/mol. The van der Waals surface area contributed by atoms with E-state index in [1.165, 1.54) is 18.9 Å². The van der Waals surface area contributed by atoms with Gasteiger partial charge in [-0.05, 0) is 43.8 Å². The highest BCUT2D eigenvalue weighted by atomic mass is 16.5. The maximum Gasteiger partial charge on any atom is 0.244 e. The number of carbonyl (C=O) groups excluding carboxylic acids is 1. The van der Waals surface area contributed by atoms with E-state index in [-0.39, 0.29) is 12.0 Å². The highest BCUT2D eigenvalue weighted by Gasteiger charge is 2.40. The van der Waals surface area contributed by atoms with Gasteiger partial charge in [-0.3, -0.25) is 4.79 Å². The Balaban J connectivity index is 1.43. The van der Waals surface area contributed by atoms with E-state index < -0.39 is 0 Å². The van der Waals surface area contributed by atoms with Crippen molar-refractivity contribution in [1.29, 1.82) is 0 Å². The molecule has 1 amide bonds. The lowest BCUT2D eigenvalue weighted by molar-refractivity contribution is -0.116. The summed E-state index contributed by atoms with van der Waals surface area (Å²) in [7, 11) is 3.77. The molecule has 136 valence electrons. The molecule has 0 saturated carbocycles. The van der Waals surface area contributed by atoms with Crippen molar-refractivity contribution in [2.45, 2.75) is 25.4 Å². The molecule has 0 radical (unpaired) electrons. The largest absolute Gasteiger partial charge is 0.376 e. The van der Waals surface area contributed by atoms with Gasteiger partial charge in [0.25, 0.3) is 0 Å². The summed E-state index contributed by atoms with van der Waals surface area (Å²) in [6.07, 6.45) is 10.1. The zero-order valence-electron chi connectivity index (χ0n) is 15.0. The van der Waals surface area contributed by atoms with Crippen LogP contribution in [0.4, 0.5) is 5.95 Å². The van der Waals surface area contributed by atoms with Crippen LogP contribution in [-0.2, 0) is 9.53 Å². The molecular weight excluding hydrogens is 318 g/mol. The van der Waals surface area contributed by atoms with Crippen molar-refractivity contribution in [3.8, 4) is 0 Å². The summed E-state index contributed by atoms with van der Waals surface area (Å²) < 4.78 is 5.90. The normalized spacial score (nSPS) is 22.4. The fraction of sp³-hybridized carbons (Fsp3) is 0.611.